The van der Waals surface area contributed by atoms with Crippen LogP contribution in [0.2, 0.25) is 5.02 Å². The van der Waals surface area contributed by atoms with Gasteiger partial charge in [-0.1, -0.05) is 29.8 Å². The molecule has 2 aromatic carbocycles. The molecule has 1 unspecified atom stereocenters. The van der Waals surface area contributed by atoms with E-state index in [2.05, 4.69) is 0 Å². The van der Waals surface area contributed by atoms with Gasteiger partial charge in [-0.2, -0.15) is 0 Å². The zero-order valence-corrected chi connectivity index (χ0v) is 12.0. The Morgan fingerprint density at radius 2 is 2.05 bits per heavy atom. The molecule has 0 saturated heterocycles. The molecule has 0 amide bonds. The number of nitrogens with two attached hydrogens (primary N) is 1. The lowest BCUT2D eigenvalue weighted by Gasteiger charge is -2.14. The third kappa shape index (κ3) is 3.95. The molecular formula is C16H17ClFNO. The highest BCUT2D eigenvalue weighted by Gasteiger charge is 2.12. The van der Waals surface area contributed by atoms with Crippen molar-refractivity contribution in [3.05, 3.63) is 64.4 Å². The predicted molar refractivity (Wildman–Crippen MR) is 79.6 cm³/mol. The molecule has 0 bridgehead atoms. The molecule has 1 atom stereocenters. The van der Waals surface area contributed by atoms with Crippen LogP contribution in [-0.4, -0.2) is 6.61 Å². The summed E-state index contributed by atoms with van der Waals surface area (Å²) in [6, 6.07) is 11.9. The van der Waals surface area contributed by atoms with Crippen molar-refractivity contribution >= 4 is 11.6 Å². The van der Waals surface area contributed by atoms with E-state index in [9.17, 15) is 4.39 Å². The average molecular weight is 294 g/mol. The molecule has 0 spiro atoms. The van der Waals surface area contributed by atoms with Gasteiger partial charge in [-0.15, -0.1) is 0 Å². The summed E-state index contributed by atoms with van der Waals surface area (Å²) in [7, 11) is 0. The van der Waals surface area contributed by atoms with E-state index in [0.29, 0.717) is 23.6 Å². The predicted octanol–water partition coefficient (Wildman–Crippen LogP) is 4.26. The average Bonchev–Trinajstić information content (AvgIpc) is 2.38. The first-order valence-corrected chi connectivity index (χ1v) is 6.84. The third-order valence-corrected chi connectivity index (χ3v) is 3.28. The molecule has 20 heavy (non-hydrogen) atoms. The van der Waals surface area contributed by atoms with Crippen LogP contribution >= 0.6 is 11.6 Å². The van der Waals surface area contributed by atoms with Crippen LogP contribution in [0.25, 0.3) is 0 Å². The van der Waals surface area contributed by atoms with Crippen molar-refractivity contribution in [3.63, 3.8) is 0 Å². The van der Waals surface area contributed by atoms with Gasteiger partial charge in [0.05, 0.1) is 6.61 Å². The molecule has 2 N–H and O–H groups in total. The molecule has 4 heteroatoms. The van der Waals surface area contributed by atoms with Crippen molar-refractivity contribution in [2.24, 2.45) is 5.73 Å². The second kappa shape index (κ2) is 6.73. The molecule has 0 radical (unpaired) electrons. The van der Waals surface area contributed by atoms with Crippen LogP contribution in [0.1, 0.15) is 23.6 Å². The summed E-state index contributed by atoms with van der Waals surface area (Å²) in [6.07, 6.45) is 0.534. The monoisotopic (exact) mass is 293 g/mol. The van der Waals surface area contributed by atoms with Crippen LogP contribution in [0.4, 0.5) is 4.39 Å². The van der Waals surface area contributed by atoms with Gasteiger partial charge >= 0.3 is 0 Å². The Hall–Kier alpha value is -1.58. The first-order valence-electron chi connectivity index (χ1n) is 6.46. The SMILES string of the molecule is Cc1cccc(OCCC(N)c2ccc(Cl)cc2F)c1. The van der Waals surface area contributed by atoms with Gasteiger partial charge in [0.15, 0.2) is 0 Å². The largest absolute Gasteiger partial charge is 0.494 e. The molecular weight excluding hydrogens is 277 g/mol. The highest BCUT2D eigenvalue weighted by atomic mass is 35.5. The summed E-state index contributed by atoms with van der Waals surface area (Å²) >= 11 is 5.72. The number of aryl methyl sites for hydroxylation is 1. The molecule has 106 valence electrons. The van der Waals surface area contributed by atoms with E-state index in [4.69, 9.17) is 22.1 Å². The van der Waals surface area contributed by atoms with Crippen molar-refractivity contribution in [2.45, 2.75) is 19.4 Å². The summed E-state index contributed by atoms with van der Waals surface area (Å²) in [5.41, 5.74) is 7.57. The number of halogens is 2. The van der Waals surface area contributed by atoms with Gasteiger partial charge in [0.25, 0.3) is 0 Å². The van der Waals surface area contributed by atoms with Crippen LogP contribution in [0, 0.1) is 12.7 Å². The summed E-state index contributed by atoms with van der Waals surface area (Å²) in [5.74, 6) is 0.425. The lowest BCUT2D eigenvalue weighted by atomic mass is 10.0. The summed E-state index contributed by atoms with van der Waals surface area (Å²) in [4.78, 5) is 0. The lowest BCUT2D eigenvalue weighted by Crippen LogP contribution is -2.15. The highest BCUT2D eigenvalue weighted by Crippen LogP contribution is 2.22. The standard InChI is InChI=1S/C16H17ClFNO/c1-11-3-2-4-13(9-11)20-8-7-16(19)14-6-5-12(17)10-15(14)18/h2-6,9-10,16H,7-8,19H2,1H3. The maximum absolute atomic E-state index is 13.7. The van der Waals surface area contributed by atoms with Gasteiger partial charge in [-0.05, 0) is 36.8 Å². The highest BCUT2D eigenvalue weighted by molar-refractivity contribution is 6.30. The zero-order valence-electron chi connectivity index (χ0n) is 11.3. The van der Waals surface area contributed by atoms with Crippen molar-refractivity contribution in [1.82, 2.24) is 0 Å². The van der Waals surface area contributed by atoms with Gasteiger partial charge in [0, 0.05) is 23.0 Å². The fourth-order valence-electron chi connectivity index (χ4n) is 1.97. The van der Waals surface area contributed by atoms with Crippen LogP contribution in [0.15, 0.2) is 42.5 Å². The number of hydrogen-bond donors (Lipinski definition) is 1. The molecule has 2 rings (SSSR count). The lowest BCUT2D eigenvalue weighted by molar-refractivity contribution is 0.297. The van der Waals surface area contributed by atoms with Gasteiger partial charge in [-0.3, -0.25) is 0 Å². The van der Waals surface area contributed by atoms with E-state index in [0.717, 1.165) is 11.3 Å². The van der Waals surface area contributed by atoms with Crippen LogP contribution < -0.4 is 10.5 Å². The quantitative estimate of drug-likeness (QED) is 0.894. The Morgan fingerprint density at radius 3 is 2.75 bits per heavy atom. The minimum Gasteiger partial charge on any atom is -0.494 e. The first kappa shape index (κ1) is 14.8. The van der Waals surface area contributed by atoms with Crippen molar-refractivity contribution < 1.29 is 9.13 Å². The van der Waals surface area contributed by atoms with Gasteiger partial charge in [0.2, 0.25) is 0 Å². The third-order valence-electron chi connectivity index (χ3n) is 3.05. The Labute approximate surface area is 123 Å². The second-order valence-corrected chi connectivity index (χ2v) is 5.16. The fourth-order valence-corrected chi connectivity index (χ4v) is 2.13. The topological polar surface area (TPSA) is 35.2 Å². The molecule has 0 fully saturated rings. The number of benzene rings is 2. The zero-order chi connectivity index (χ0) is 14.5. The number of ether oxygens (including phenoxy) is 1. The van der Waals surface area contributed by atoms with Crippen molar-refractivity contribution in [1.29, 1.82) is 0 Å². The molecule has 0 aromatic heterocycles. The van der Waals surface area contributed by atoms with Crippen LogP contribution in [0.3, 0.4) is 0 Å². The minimum absolute atomic E-state index is 0.370. The van der Waals surface area contributed by atoms with Gasteiger partial charge < -0.3 is 10.5 Å². The maximum atomic E-state index is 13.7. The summed E-state index contributed by atoms with van der Waals surface area (Å²) in [6.45, 7) is 2.44. The summed E-state index contributed by atoms with van der Waals surface area (Å²) < 4.78 is 19.3. The molecule has 0 saturated carbocycles. The smallest absolute Gasteiger partial charge is 0.129 e. The summed E-state index contributed by atoms with van der Waals surface area (Å²) in [5, 5.41) is 0.370. The van der Waals surface area contributed by atoms with Crippen molar-refractivity contribution in [2.75, 3.05) is 6.61 Å². The second-order valence-electron chi connectivity index (χ2n) is 4.73. The van der Waals surface area contributed by atoms with Crippen molar-refractivity contribution in [3.8, 4) is 5.75 Å². The Bertz CT molecular complexity index is 588. The molecule has 0 aliphatic rings. The maximum Gasteiger partial charge on any atom is 0.129 e. The molecule has 0 aliphatic heterocycles. The molecule has 0 heterocycles. The minimum atomic E-state index is -0.405. The van der Waals surface area contributed by atoms with E-state index < -0.39 is 6.04 Å². The first-order chi connectivity index (χ1) is 9.56. The molecule has 2 nitrogen and oxygen atoms in total. The molecule has 2 aromatic rings. The Balaban J connectivity index is 1.90. The fraction of sp³-hybridized carbons (Fsp3) is 0.250. The molecule has 0 aliphatic carbocycles. The van der Waals surface area contributed by atoms with E-state index in [-0.39, 0.29) is 5.82 Å². The normalized spacial score (nSPS) is 12.2. The van der Waals surface area contributed by atoms with E-state index in [1.54, 1.807) is 12.1 Å². The van der Waals surface area contributed by atoms with E-state index >= 15 is 0 Å². The van der Waals surface area contributed by atoms with Crippen LogP contribution in [-0.2, 0) is 0 Å². The Kier molecular flexibility index (Phi) is 4.99. The number of hydrogen-bond acceptors (Lipinski definition) is 2. The number of rotatable bonds is 5. The van der Waals surface area contributed by atoms with Gasteiger partial charge in [-0.25, -0.2) is 4.39 Å². The van der Waals surface area contributed by atoms with Crippen LogP contribution in [0.5, 0.6) is 5.75 Å². The van der Waals surface area contributed by atoms with Gasteiger partial charge in [0.1, 0.15) is 11.6 Å². The Morgan fingerprint density at radius 1 is 1.25 bits per heavy atom. The van der Waals surface area contributed by atoms with E-state index in [1.165, 1.54) is 6.07 Å². The van der Waals surface area contributed by atoms with E-state index in [1.807, 2.05) is 31.2 Å².